The monoisotopic (exact) mass is 424 g/mol. The first kappa shape index (κ1) is 20.6. The van der Waals surface area contributed by atoms with Crippen molar-refractivity contribution >= 4 is 16.8 Å². The normalized spacial score (nSPS) is 11.6. The lowest BCUT2D eigenvalue weighted by molar-refractivity contribution is -0.137. The van der Waals surface area contributed by atoms with E-state index in [-0.39, 0.29) is 18.0 Å². The number of fused-ring (bicyclic) bond motifs is 1. The summed E-state index contributed by atoms with van der Waals surface area (Å²) in [6.45, 7) is 3.78. The number of carbonyl (C=O) groups is 1. The molecule has 0 saturated carbocycles. The predicted molar refractivity (Wildman–Crippen MR) is 111 cm³/mol. The van der Waals surface area contributed by atoms with E-state index in [0.29, 0.717) is 22.5 Å². The van der Waals surface area contributed by atoms with Crippen molar-refractivity contribution in [3.63, 3.8) is 0 Å². The van der Waals surface area contributed by atoms with Crippen molar-refractivity contribution in [2.75, 3.05) is 0 Å². The van der Waals surface area contributed by atoms with E-state index < -0.39 is 11.7 Å². The summed E-state index contributed by atoms with van der Waals surface area (Å²) >= 11 is 0. The highest BCUT2D eigenvalue weighted by Crippen LogP contribution is 2.39. The first-order valence-electron chi connectivity index (χ1n) is 9.58. The maximum atomic E-state index is 13.5. The first-order chi connectivity index (χ1) is 14.8. The Morgan fingerprint density at radius 3 is 2.65 bits per heavy atom. The molecule has 2 N–H and O–H groups in total. The zero-order valence-electron chi connectivity index (χ0n) is 16.8. The van der Waals surface area contributed by atoms with Gasteiger partial charge in [0, 0.05) is 29.2 Å². The summed E-state index contributed by atoms with van der Waals surface area (Å²) in [6.07, 6.45) is -1.61. The summed E-state index contributed by atoms with van der Waals surface area (Å²) in [4.78, 5) is 23.4. The fourth-order valence-corrected chi connectivity index (χ4v) is 3.59. The molecule has 1 amide bonds. The van der Waals surface area contributed by atoms with Crippen LogP contribution in [0.3, 0.4) is 0 Å². The predicted octanol–water partition coefficient (Wildman–Crippen LogP) is 5.19. The first-order valence-corrected chi connectivity index (χ1v) is 9.58. The summed E-state index contributed by atoms with van der Waals surface area (Å²) in [6, 6.07) is 11.0. The number of hydrogen-bond acceptors (Lipinski definition) is 3. The average Bonchev–Trinajstić information content (AvgIpc) is 3.07. The minimum absolute atomic E-state index is 0.109. The van der Waals surface area contributed by atoms with Crippen molar-refractivity contribution in [3.8, 4) is 11.3 Å². The molecule has 5 nitrogen and oxygen atoms in total. The summed E-state index contributed by atoms with van der Waals surface area (Å²) < 4.78 is 40.4. The third kappa shape index (κ3) is 4.01. The maximum absolute atomic E-state index is 13.5. The number of aromatic amines is 1. The molecule has 2 aromatic carbocycles. The fraction of sp³-hybridized carbons (Fsp3) is 0.174. The molecule has 2 heterocycles. The third-order valence-electron chi connectivity index (χ3n) is 5.23. The van der Waals surface area contributed by atoms with E-state index in [2.05, 4.69) is 20.3 Å². The van der Waals surface area contributed by atoms with Gasteiger partial charge in [-0.1, -0.05) is 24.3 Å². The highest BCUT2D eigenvalue weighted by atomic mass is 19.4. The van der Waals surface area contributed by atoms with Crippen molar-refractivity contribution in [1.29, 1.82) is 0 Å². The molecule has 0 unspecified atom stereocenters. The van der Waals surface area contributed by atoms with Crippen molar-refractivity contribution in [2.24, 2.45) is 0 Å². The van der Waals surface area contributed by atoms with Crippen LogP contribution in [0, 0.1) is 13.8 Å². The molecule has 31 heavy (non-hydrogen) atoms. The van der Waals surface area contributed by atoms with Gasteiger partial charge in [0.1, 0.15) is 6.33 Å². The molecule has 4 aromatic rings. The van der Waals surface area contributed by atoms with Gasteiger partial charge < -0.3 is 10.3 Å². The van der Waals surface area contributed by atoms with Gasteiger partial charge >= 0.3 is 6.18 Å². The van der Waals surface area contributed by atoms with Crippen LogP contribution in [0.2, 0.25) is 0 Å². The number of hydrogen-bond donors (Lipinski definition) is 2. The van der Waals surface area contributed by atoms with Crippen LogP contribution in [0.5, 0.6) is 0 Å². The lowest BCUT2D eigenvalue weighted by Gasteiger charge is -2.12. The molecule has 2 aromatic heterocycles. The third-order valence-corrected chi connectivity index (χ3v) is 5.23. The second-order valence-electron chi connectivity index (χ2n) is 7.25. The van der Waals surface area contributed by atoms with Crippen LogP contribution in [0.25, 0.3) is 22.2 Å². The second kappa shape index (κ2) is 7.86. The van der Waals surface area contributed by atoms with Gasteiger partial charge in [0.2, 0.25) is 0 Å². The lowest BCUT2D eigenvalue weighted by Crippen LogP contribution is -2.24. The zero-order chi connectivity index (χ0) is 22.2. The van der Waals surface area contributed by atoms with Gasteiger partial charge in [0.05, 0.1) is 22.5 Å². The Bertz CT molecular complexity index is 1280. The van der Waals surface area contributed by atoms with Crippen molar-refractivity contribution in [2.45, 2.75) is 26.6 Å². The van der Waals surface area contributed by atoms with Crippen LogP contribution in [-0.4, -0.2) is 20.9 Å². The highest BCUT2D eigenvalue weighted by Gasteiger charge is 2.34. The van der Waals surface area contributed by atoms with Crippen LogP contribution in [0.15, 0.2) is 55.0 Å². The molecule has 0 aliphatic carbocycles. The minimum atomic E-state index is -4.45. The Kier molecular flexibility index (Phi) is 5.22. The molecule has 0 fully saturated rings. The summed E-state index contributed by atoms with van der Waals surface area (Å²) in [5.74, 6) is -0.288. The van der Waals surface area contributed by atoms with Crippen LogP contribution in [0.4, 0.5) is 13.2 Å². The van der Waals surface area contributed by atoms with E-state index in [1.807, 2.05) is 12.1 Å². The molecular weight excluding hydrogens is 405 g/mol. The minimum Gasteiger partial charge on any atom is -0.354 e. The fourth-order valence-electron chi connectivity index (χ4n) is 3.59. The Hall–Kier alpha value is -3.68. The Labute approximate surface area is 176 Å². The van der Waals surface area contributed by atoms with Crippen LogP contribution in [0.1, 0.15) is 32.7 Å². The number of H-pyrrole nitrogens is 1. The Balaban J connectivity index is 1.64. The van der Waals surface area contributed by atoms with E-state index in [9.17, 15) is 18.0 Å². The quantitative estimate of drug-likeness (QED) is 0.474. The SMILES string of the molecule is Cc1ncncc1C(=O)NCc1ccc2[nH]c(-c3ccccc3C(F)(F)F)c(C)c2c1. The number of halogens is 3. The van der Waals surface area contributed by atoms with Gasteiger partial charge in [0.25, 0.3) is 5.91 Å². The molecule has 0 bridgehead atoms. The number of alkyl halides is 3. The summed E-state index contributed by atoms with van der Waals surface area (Å²) in [5, 5.41) is 3.63. The van der Waals surface area contributed by atoms with Gasteiger partial charge in [0.15, 0.2) is 0 Å². The number of rotatable bonds is 4. The molecule has 8 heteroatoms. The van der Waals surface area contributed by atoms with E-state index in [0.717, 1.165) is 22.5 Å². The van der Waals surface area contributed by atoms with Crippen LogP contribution < -0.4 is 5.32 Å². The molecule has 0 saturated heterocycles. The van der Waals surface area contributed by atoms with E-state index in [4.69, 9.17) is 0 Å². The topological polar surface area (TPSA) is 70.7 Å². The highest BCUT2D eigenvalue weighted by molar-refractivity contribution is 5.95. The average molecular weight is 424 g/mol. The number of nitrogens with zero attached hydrogens (tertiary/aromatic N) is 2. The molecule has 0 spiro atoms. The van der Waals surface area contributed by atoms with Crippen LogP contribution >= 0.6 is 0 Å². The van der Waals surface area contributed by atoms with Gasteiger partial charge in [-0.15, -0.1) is 0 Å². The van der Waals surface area contributed by atoms with Crippen LogP contribution in [-0.2, 0) is 12.7 Å². The van der Waals surface area contributed by atoms with E-state index in [1.54, 1.807) is 26.0 Å². The Morgan fingerprint density at radius 1 is 1.13 bits per heavy atom. The van der Waals surface area contributed by atoms with Crippen molar-refractivity contribution in [3.05, 3.63) is 82.9 Å². The zero-order valence-corrected chi connectivity index (χ0v) is 16.8. The molecule has 0 radical (unpaired) electrons. The number of nitrogens with one attached hydrogen (secondary N) is 2. The smallest absolute Gasteiger partial charge is 0.354 e. The lowest BCUT2D eigenvalue weighted by atomic mass is 10.0. The number of benzene rings is 2. The van der Waals surface area contributed by atoms with Crippen molar-refractivity contribution in [1.82, 2.24) is 20.3 Å². The number of aromatic nitrogens is 3. The standard InChI is InChI=1S/C23H19F3N4O/c1-13-17-9-15(10-28-22(31)18-11-27-12-29-14(18)2)7-8-20(17)30-21(13)16-5-3-4-6-19(16)23(24,25)26/h3-9,11-12,30H,10H2,1-2H3,(H,28,31). The van der Waals surface area contributed by atoms with Crippen molar-refractivity contribution < 1.29 is 18.0 Å². The molecule has 0 aliphatic heterocycles. The molecule has 158 valence electrons. The number of carbonyl (C=O) groups excluding carboxylic acids is 1. The summed E-state index contributed by atoms with van der Waals surface area (Å²) in [5.41, 5.74) is 3.11. The van der Waals surface area contributed by atoms with Gasteiger partial charge in [-0.25, -0.2) is 9.97 Å². The van der Waals surface area contributed by atoms with Gasteiger partial charge in [-0.05, 0) is 43.2 Å². The maximum Gasteiger partial charge on any atom is 0.417 e. The molecule has 0 aliphatic rings. The number of aryl methyl sites for hydroxylation is 2. The molecular formula is C23H19F3N4O. The second-order valence-corrected chi connectivity index (χ2v) is 7.25. The summed E-state index contributed by atoms with van der Waals surface area (Å²) in [7, 11) is 0. The van der Waals surface area contributed by atoms with E-state index in [1.165, 1.54) is 24.7 Å². The molecule has 4 rings (SSSR count). The largest absolute Gasteiger partial charge is 0.417 e. The molecule has 0 atom stereocenters. The number of amides is 1. The van der Waals surface area contributed by atoms with Gasteiger partial charge in [-0.3, -0.25) is 4.79 Å². The van der Waals surface area contributed by atoms with Gasteiger partial charge in [-0.2, -0.15) is 13.2 Å². The Morgan fingerprint density at radius 2 is 1.90 bits per heavy atom. The van der Waals surface area contributed by atoms with E-state index >= 15 is 0 Å².